The van der Waals surface area contributed by atoms with Crippen LogP contribution in [0, 0.1) is 5.82 Å². The highest BCUT2D eigenvalue weighted by atomic mass is 32.1. The van der Waals surface area contributed by atoms with E-state index in [2.05, 4.69) is 4.98 Å². The van der Waals surface area contributed by atoms with Gasteiger partial charge in [0.1, 0.15) is 23.2 Å². The predicted octanol–water partition coefficient (Wildman–Crippen LogP) is 5.87. The lowest BCUT2D eigenvalue weighted by atomic mass is 10.1. The highest BCUT2D eigenvalue weighted by Crippen LogP contribution is 2.24. The van der Waals surface area contributed by atoms with Gasteiger partial charge < -0.3 is 9.47 Å². The molecule has 4 nitrogen and oxygen atoms in total. The largest absolute Gasteiger partial charge is 0.497 e. The summed E-state index contributed by atoms with van der Waals surface area (Å²) in [5, 5.41) is 4.70. The molecule has 1 heterocycles. The summed E-state index contributed by atoms with van der Waals surface area (Å²) >= 11 is 1.42. The van der Waals surface area contributed by atoms with Crippen LogP contribution < -0.4 is 4.74 Å². The monoisotopic (exact) mass is 419 g/mol. The lowest BCUT2D eigenvalue weighted by molar-refractivity contribution is -0.139. The lowest BCUT2D eigenvalue weighted by Gasteiger charge is -2.03. The summed E-state index contributed by atoms with van der Waals surface area (Å²) in [4.78, 5) is 16.5. The minimum absolute atomic E-state index is 0.0817. The maximum atomic E-state index is 13.0. The first-order valence-corrected chi connectivity index (χ1v) is 10.1. The molecule has 0 aliphatic rings. The molecule has 1 aromatic heterocycles. The summed E-state index contributed by atoms with van der Waals surface area (Å²) in [6.45, 7) is 0.0817. The predicted molar refractivity (Wildman–Crippen MR) is 117 cm³/mol. The Morgan fingerprint density at radius 3 is 2.63 bits per heavy atom. The summed E-state index contributed by atoms with van der Waals surface area (Å²) in [6.07, 6.45) is 3.12. The van der Waals surface area contributed by atoms with Crippen LogP contribution in [0.1, 0.15) is 11.3 Å². The van der Waals surface area contributed by atoms with E-state index in [1.54, 1.807) is 25.3 Å². The zero-order valence-corrected chi connectivity index (χ0v) is 17.0. The van der Waals surface area contributed by atoms with Crippen molar-refractivity contribution in [2.45, 2.75) is 6.61 Å². The molecule has 0 N–H and O–H groups in total. The zero-order valence-electron chi connectivity index (χ0n) is 16.2. The second kappa shape index (κ2) is 8.88. The van der Waals surface area contributed by atoms with Gasteiger partial charge in [0, 0.05) is 17.0 Å². The van der Waals surface area contributed by atoms with Gasteiger partial charge in [-0.2, -0.15) is 0 Å². The normalized spacial score (nSPS) is 11.1. The van der Waals surface area contributed by atoms with E-state index in [0.29, 0.717) is 5.69 Å². The fourth-order valence-corrected chi connectivity index (χ4v) is 3.74. The first-order valence-electron chi connectivity index (χ1n) is 9.24. The van der Waals surface area contributed by atoms with Gasteiger partial charge in [0.2, 0.25) is 0 Å². The molecule has 0 atom stereocenters. The molecule has 0 aliphatic carbocycles. The zero-order chi connectivity index (χ0) is 20.9. The SMILES string of the molecule is COc1ccc2cc(/C=C/C(=O)OCc3csc(-c4ccc(F)cc4)n3)ccc2c1. The number of carbonyl (C=O) groups is 1. The highest BCUT2D eigenvalue weighted by Gasteiger charge is 2.07. The number of benzene rings is 3. The number of hydrogen-bond donors (Lipinski definition) is 0. The van der Waals surface area contributed by atoms with Crippen molar-refractivity contribution >= 4 is 34.2 Å². The Hall–Kier alpha value is -3.51. The number of ether oxygens (including phenoxy) is 2. The molecule has 0 radical (unpaired) electrons. The summed E-state index contributed by atoms with van der Waals surface area (Å²) in [6, 6.07) is 17.9. The standard InChI is InChI=1S/C24H18FNO3S/c1-28-22-10-7-18-12-16(2-4-19(18)13-22)3-11-23(27)29-14-21-15-30-24(26-21)17-5-8-20(25)9-6-17/h2-13,15H,14H2,1H3/b11-3+. The first kappa shape index (κ1) is 19.8. The van der Waals surface area contributed by atoms with Crippen LogP contribution in [0.2, 0.25) is 0 Å². The lowest BCUT2D eigenvalue weighted by Crippen LogP contribution is -2.00. The van der Waals surface area contributed by atoms with Crippen LogP contribution in [0.3, 0.4) is 0 Å². The average Bonchev–Trinajstić information content (AvgIpc) is 3.25. The Morgan fingerprint density at radius 2 is 1.83 bits per heavy atom. The summed E-state index contributed by atoms with van der Waals surface area (Å²) in [5.41, 5.74) is 2.38. The fraction of sp³-hybridized carbons (Fsp3) is 0.0833. The Morgan fingerprint density at radius 1 is 1.07 bits per heavy atom. The molecule has 4 rings (SSSR count). The van der Waals surface area contributed by atoms with E-state index in [-0.39, 0.29) is 12.4 Å². The molecule has 4 aromatic rings. The number of rotatable bonds is 6. The van der Waals surface area contributed by atoms with Crippen LogP contribution >= 0.6 is 11.3 Å². The van der Waals surface area contributed by atoms with Crippen LogP contribution in [0.5, 0.6) is 5.75 Å². The van der Waals surface area contributed by atoms with E-state index >= 15 is 0 Å². The molecule has 0 saturated heterocycles. The van der Waals surface area contributed by atoms with E-state index in [1.807, 2.05) is 41.8 Å². The molecule has 3 aromatic carbocycles. The van der Waals surface area contributed by atoms with E-state index in [1.165, 1.54) is 29.5 Å². The quantitative estimate of drug-likeness (QED) is 0.290. The van der Waals surface area contributed by atoms with Gasteiger partial charge in [-0.1, -0.05) is 18.2 Å². The van der Waals surface area contributed by atoms with Crippen LogP contribution in [0.4, 0.5) is 4.39 Å². The molecule has 0 saturated carbocycles. The third-order valence-electron chi connectivity index (χ3n) is 4.49. The number of halogens is 1. The Bertz CT molecular complexity index is 1210. The molecule has 0 amide bonds. The molecule has 6 heteroatoms. The third kappa shape index (κ3) is 4.72. The van der Waals surface area contributed by atoms with Crippen LogP contribution in [-0.4, -0.2) is 18.1 Å². The minimum atomic E-state index is -0.443. The van der Waals surface area contributed by atoms with Gasteiger partial charge in [0.15, 0.2) is 0 Å². The molecule has 0 unspecified atom stereocenters. The Balaban J connectivity index is 1.36. The van der Waals surface area contributed by atoms with Crippen LogP contribution in [0.15, 0.2) is 72.1 Å². The molecule has 30 heavy (non-hydrogen) atoms. The number of hydrogen-bond acceptors (Lipinski definition) is 5. The number of carbonyl (C=O) groups excluding carboxylic acids is 1. The van der Waals surface area contributed by atoms with Crippen LogP contribution in [-0.2, 0) is 16.1 Å². The van der Waals surface area contributed by atoms with Gasteiger partial charge in [-0.05, 0) is 64.9 Å². The maximum Gasteiger partial charge on any atom is 0.331 e. The summed E-state index contributed by atoms with van der Waals surface area (Å²) in [7, 11) is 1.64. The highest BCUT2D eigenvalue weighted by molar-refractivity contribution is 7.13. The molecule has 150 valence electrons. The number of esters is 1. The smallest absolute Gasteiger partial charge is 0.331 e. The van der Waals surface area contributed by atoms with Crippen molar-refractivity contribution in [3.63, 3.8) is 0 Å². The number of aromatic nitrogens is 1. The van der Waals surface area contributed by atoms with Gasteiger partial charge >= 0.3 is 5.97 Å². The average molecular weight is 419 g/mol. The minimum Gasteiger partial charge on any atom is -0.497 e. The Labute approximate surface area is 177 Å². The van der Waals surface area contributed by atoms with Gasteiger partial charge in [-0.25, -0.2) is 14.2 Å². The van der Waals surface area contributed by atoms with Gasteiger partial charge in [-0.3, -0.25) is 0 Å². The van der Waals surface area contributed by atoms with Crippen molar-refractivity contribution in [3.8, 4) is 16.3 Å². The number of fused-ring (bicyclic) bond motifs is 1. The molecule has 0 spiro atoms. The van der Waals surface area contributed by atoms with E-state index < -0.39 is 5.97 Å². The van der Waals surface area contributed by atoms with Gasteiger partial charge in [0.25, 0.3) is 0 Å². The second-order valence-corrected chi connectivity index (χ2v) is 7.42. The van der Waals surface area contributed by atoms with E-state index in [4.69, 9.17) is 9.47 Å². The molecular formula is C24H18FNO3S. The summed E-state index contributed by atoms with van der Waals surface area (Å²) < 4.78 is 23.5. The van der Waals surface area contributed by atoms with Crippen molar-refractivity contribution in [1.82, 2.24) is 4.98 Å². The number of thiazole rings is 1. The van der Waals surface area contributed by atoms with Crippen LogP contribution in [0.25, 0.3) is 27.4 Å². The van der Waals surface area contributed by atoms with E-state index in [0.717, 1.165) is 32.7 Å². The van der Waals surface area contributed by atoms with Crippen molar-refractivity contribution in [1.29, 1.82) is 0 Å². The molecule has 0 bridgehead atoms. The number of methoxy groups -OCH3 is 1. The van der Waals surface area contributed by atoms with Crippen molar-refractivity contribution < 1.29 is 18.7 Å². The summed E-state index contributed by atoms with van der Waals surface area (Å²) in [5.74, 6) is 0.0718. The van der Waals surface area contributed by atoms with Gasteiger partial charge in [-0.15, -0.1) is 11.3 Å². The first-order chi connectivity index (χ1) is 14.6. The molecular weight excluding hydrogens is 401 g/mol. The van der Waals surface area contributed by atoms with Crippen molar-refractivity contribution in [2.24, 2.45) is 0 Å². The van der Waals surface area contributed by atoms with Gasteiger partial charge in [0.05, 0.1) is 12.8 Å². The maximum absolute atomic E-state index is 13.0. The fourth-order valence-electron chi connectivity index (χ4n) is 2.93. The van der Waals surface area contributed by atoms with E-state index in [9.17, 15) is 9.18 Å². The third-order valence-corrected chi connectivity index (χ3v) is 5.43. The second-order valence-electron chi connectivity index (χ2n) is 6.56. The molecule has 0 aliphatic heterocycles. The topological polar surface area (TPSA) is 48.4 Å². The van der Waals surface area contributed by atoms with Crippen molar-refractivity contribution in [3.05, 3.63) is 89.2 Å². The molecule has 0 fully saturated rings. The van der Waals surface area contributed by atoms with Crippen molar-refractivity contribution in [2.75, 3.05) is 7.11 Å². The number of nitrogens with zero attached hydrogens (tertiary/aromatic N) is 1. The Kier molecular flexibility index (Phi) is 5.86.